The molecule has 0 bridgehead atoms. The lowest BCUT2D eigenvalue weighted by Gasteiger charge is -2.44. The van der Waals surface area contributed by atoms with Gasteiger partial charge in [-0.2, -0.15) is 0 Å². The Morgan fingerprint density at radius 3 is 2.93 bits per heavy atom. The van der Waals surface area contributed by atoms with E-state index in [4.69, 9.17) is 4.74 Å². The molecule has 2 aromatic rings. The van der Waals surface area contributed by atoms with Gasteiger partial charge in [-0.25, -0.2) is 0 Å². The van der Waals surface area contributed by atoms with Gasteiger partial charge in [0.25, 0.3) is 5.91 Å². The monoisotopic (exact) mass is 403 g/mol. The molecule has 1 saturated carbocycles. The highest BCUT2D eigenvalue weighted by Crippen LogP contribution is 2.34. The molecule has 1 aliphatic heterocycles. The first kappa shape index (κ1) is 19.5. The molecule has 0 aromatic carbocycles. The normalized spacial score (nSPS) is 22.8. The molecule has 2 aliphatic rings. The van der Waals surface area contributed by atoms with Gasteiger partial charge in [0, 0.05) is 25.8 Å². The van der Waals surface area contributed by atoms with Gasteiger partial charge in [-0.1, -0.05) is 12.8 Å². The standard InChI is InChI=1S/C21H29N3O3S/c1-3-27-11-6-10-24-19(25)17-13-18-16(9-12-28-18)23(17)14-21(24,2)20(26)22-15-7-4-5-8-15/h9,12-13,15H,3-8,10-11,14H2,1-2H3,(H,22,26)/t21-/m1/s1. The fraction of sp³-hybridized carbons (Fsp3) is 0.619. The Hall–Kier alpha value is -1.86. The van der Waals surface area contributed by atoms with Crippen LogP contribution in [0.1, 0.15) is 56.4 Å². The zero-order chi connectivity index (χ0) is 19.7. The predicted octanol–water partition coefficient (Wildman–Crippen LogP) is 3.40. The minimum Gasteiger partial charge on any atom is -0.382 e. The van der Waals surface area contributed by atoms with Crippen molar-refractivity contribution in [1.29, 1.82) is 0 Å². The van der Waals surface area contributed by atoms with E-state index in [2.05, 4.69) is 5.32 Å². The highest BCUT2D eigenvalue weighted by Gasteiger charge is 2.48. The van der Waals surface area contributed by atoms with E-state index >= 15 is 0 Å². The molecule has 2 aromatic heterocycles. The van der Waals surface area contributed by atoms with Crippen molar-refractivity contribution in [3.05, 3.63) is 23.2 Å². The molecule has 28 heavy (non-hydrogen) atoms. The van der Waals surface area contributed by atoms with E-state index in [1.807, 2.05) is 35.9 Å². The second-order valence-corrected chi connectivity index (χ2v) is 8.97. The molecular formula is C21H29N3O3S. The number of nitrogens with one attached hydrogen (secondary N) is 1. The molecule has 0 spiro atoms. The lowest BCUT2D eigenvalue weighted by molar-refractivity contribution is -0.133. The second-order valence-electron chi connectivity index (χ2n) is 8.02. The minimum absolute atomic E-state index is 0.0353. The molecule has 1 N–H and O–H groups in total. The van der Waals surface area contributed by atoms with Crippen LogP contribution in [0.5, 0.6) is 0 Å². The van der Waals surface area contributed by atoms with Crippen LogP contribution in [0.15, 0.2) is 17.5 Å². The van der Waals surface area contributed by atoms with Crippen LogP contribution in [0.25, 0.3) is 10.2 Å². The summed E-state index contributed by atoms with van der Waals surface area (Å²) >= 11 is 1.63. The van der Waals surface area contributed by atoms with Gasteiger partial charge in [0.1, 0.15) is 11.2 Å². The van der Waals surface area contributed by atoms with Crippen LogP contribution in [-0.2, 0) is 16.1 Å². The summed E-state index contributed by atoms with van der Waals surface area (Å²) in [7, 11) is 0. The first-order valence-corrected chi connectivity index (χ1v) is 11.2. The summed E-state index contributed by atoms with van der Waals surface area (Å²) in [4.78, 5) is 28.5. The number of thiophene rings is 1. The van der Waals surface area contributed by atoms with Crippen molar-refractivity contribution in [3.63, 3.8) is 0 Å². The van der Waals surface area contributed by atoms with Gasteiger partial charge in [-0.3, -0.25) is 9.59 Å². The summed E-state index contributed by atoms with van der Waals surface area (Å²) < 4.78 is 8.58. The van der Waals surface area contributed by atoms with Crippen molar-refractivity contribution in [2.24, 2.45) is 0 Å². The van der Waals surface area contributed by atoms with Crippen LogP contribution in [0, 0.1) is 0 Å². The number of rotatable bonds is 7. The van der Waals surface area contributed by atoms with Crippen LogP contribution in [0.3, 0.4) is 0 Å². The van der Waals surface area contributed by atoms with Gasteiger partial charge in [-0.05, 0) is 50.6 Å². The second kappa shape index (κ2) is 7.87. The number of amides is 2. The third-order valence-electron chi connectivity index (χ3n) is 6.10. The molecule has 3 heterocycles. The molecule has 0 radical (unpaired) electrons. The number of carbonyl (C=O) groups is 2. The smallest absolute Gasteiger partial charge is 0.271 e. The van der Waals surface area contributed by atoms with Gasteiger partial charge >= 0.3 is 0 Å². The van der Waals surface area contributed by atoms with Crippen LogP contribution in [0.4, 0.5) is 0 Å². The van der Waals surface area contributed by atoms with Gasteiger partial charge in [0.05, 0.1) is 16.8 Å². The maximum absolute atomic E-state index is 13.4. The summed E-state index contributed by atoms with van der Waals surface area (Å²) in [5.41, 5.74) is 0.832. The maximum atomic E-state index is 13.4. The largest absolute Gasteiger partial charge is 0.382 e. The molecule has 152 valence electrons. The summed E-state index contributed by atoms with van der Waals surface area (Å²) in [5, 5.41) is 5.27. The van der Waals surface area contributed by atoms with E-state index in [9.17, 15) is 9.59 Å². The molecule has 6 nitrogen and oxygen atoms in total. The Morgan fingerprint density at radius 2 is 2.18 bits per heavy atom. The van der Waals surface area contributed by atoms with Crippen molar-refractivity contribution in [2.45, 2.75) is 64.1 Å². The topological polar surface area (TPSA) is 63.6 Å². The molecular weight excluding hydrogens is 374 g/mol. The zero-order valence-electron chi connectivity index (χ0n) is 16.7. The summed E-state index contributed by atoms with van der Waals surface area (Å²) in [5.74, 6) is -0.0953. The fourth-order valence-corrected chi connectivity index (χ4v) is 5.33. The minimum atomic E-state index is -0.896. The van der Waals surface area contributed by atoms with Gasteiger partial charge in [-0.15, -0.1) is 11.3 Å². The average Bonchev–Trinajstić information content (AvgIpc) is 3.39. The molecule has 0 saturated heterocycles. The Bertz CT molecular complexity index is 867. The lowest BCUT2D eigenvalue weighted by atomic mass is 9.94. The number of hydrogen-bond acceptors (Lipinski definition) is 4. The number of aromatic nitrogens is 1. The third-order valence-corrected chi connectivity index (χ3v) is 6.96. The van der Waals surface area contributed by atoms with E-state index in [1.165, 1.54) is 0 Å². The quantitative estimate of drug-likeness (QED) is 0.721. The lowest BCUT2D eigenvalue weighted by Crippen LogP contribution is -2.65. The van der Waals surface area contributed by atoms with Crippen molar-refractivity contribution < 1.29 is 14.3 Å². The number of nitrogens with zero attached hydrogens (tertiary/aromatic N) is 2. The van der Waals surface area contributed by atoms with Gasteiger partial charge in [0.2, 0.25) is 5.91 Å². The highest BCUT2D eigenvalue weighted by atomic mass is 32.1. The van der Waals surface area contributed by atoms with E-state index < -0.39 is 5.54 Å². The van der Waals surface area contributed by atoms with Crippen LogP contribution in [0.2, 0.25) is 0 Å². The first-order chi connectivity index (χ1) is 13.5. The highest BCUT2D eigenvalue weighted by molar-refractivity contribution is 7.17. The number of ether oxygens (including phenoxy) is 1. The molecule has 1 fully saturated rings. The molecule has 1 atom stereocenters. The summed E-state index contributed by atoms with van der Waals surface area (Å²) in [6.45, 7) is 6.14. The summed E-state index contributed by atoms with van der Waals surface area (Å²) in [6.07, 6.45) is 5.11. The van der Waals surface area contributed by atoms with Gasteiger partial charge < -0.3 is 19.5 Å². The molecule has 2 amide bonds. The molecule has 7 heteroatoms. The Balaban J connectivity index is 1.64. The predicted molar refractivity (Wildman–Crippen MR) is 111 cm³/mol. The molecule has 4 rings (SSSR count). The van der Waals surface area contributed by atoms with E-state index in [0.29, 0.717) is 32.0 Å². The SMILES string of the molecule is CCOCCCN1C(=O)c2cc3sccc3n2C[C@]1(C)C(=O)NC1CCCC1. The van der Waals surface area contributed by atoms with Crippen molar-refractivity contribution in [3.8, 4) is 0 Å². The number of hydrogen-bond donors (Lipinski definition) is 1. The summed E-state index contributed by atoms with van der Waals surface area (Å²) in [6, 6.07) is 4.24. The first-order valence-electron chi connectivity index (χ1n) is 10.3. The van der Waals surface area contributed by atoms with Crippen molar-refractivity contribution >= 4 is 33.4 Å². The Morgan fingerprint density at radius 1 is 1.39 bits per heavy atom. The zero-order valence-corrected chi connectivity index (χ0v) is 17.5. The average molecular weight is 404 g/mol. The maximum Gasteiger partial charge on any atom is 0.271 e. The number of carbonyl (C=O) groups excluding carboxylic acids is 2. The van der Waals surface area contributed by atoms with Crippen molar-refractivity contribution in [1.82, 2.24) is 14.8 Å². The van der Waals surface area contributed by atoms with Gasteiger partial charge in [0.15, 0.2) is 0 Å². The molecule has 0 unspecified atom stereocenters. The van der Waals surface area contributed by atoms with Crippen LogP contribution in [-0.4, -0.2) is 52.6 Å². The molecule has 1 aliphatic carbocycles. The Labute approximate surface area is 169 Å². The van der Waals surface area contributed by atoms with E-state index in [-0.39, 0.29) is 17.9 Å². The number of fused-ring (bicyclic) bond motifs is 3. The van der Waals surface area contributed by atoms with E-state index in [1.54, 1.807) is 16.2 Å². The third kappa shape index (κ3) is 3.35. The fourth-order valence-electron chi connectivity index (χ4n) is 4.50. The van der Waals surface area contributed by atoms with E-state index in [0.717, 1.165) is 42.3 Å². The van der Waals surface area contributed by atoms with Crippen LogP contribution < -0.4 is 5.32 Å². The van der Waals surface area contributed by atoms with Crippen molar-refractivity contribution in [2.75, 3.05) is 19.8 Å². The van der Waals surface area contributed by atoms with Crippen LogP contribution >= 0.6 is 11.3 Å². The Kier molecular flexibility index (Phi) is 5.47.